The van der Waals surface area contributed by atoms with Crippen LogP contribution in [0.2, 0.25) is 0 Å². The Labute approximate surface area is 64.0 Å². The predicted octanol–water partition coefficient (Wildman–Crippen LogP) is 0.187. The number of hydrogen-bond donors (Lipinski definition) is 2. The van der Waals surface area contributed by atoms with Crippen LogP contribution < -0.4 is 11.2 Å². The average molecular weight is 148 g/mol. The van der Waals surface area contributed by atoms with Crippen molar-refractivity contribution in [3.8, 4) is 6.19 Å². The second kappa shape index (κ2) is 2.46. The van der Waals surface area contributed by atoms with Gasteiger partial charge in [-0.2, -0.15) is 5.26 Å². The summed E-state index contributed by atoms with van der Waals surface area (Å²) in [6.45, 7) is 1.80. The highest BCUT2D eigenvalue weighted by Crippen LogP contribution is 2.03. The zero-order chi connectivity index (χ0) is 8.43. The normalized spacial score (nSPS) is 9.09. The molecule has 0 unspecified atom stereocenters. The molecule has 0 aliphatic carbocycles. The van der Waals surface area contributed by atoms with Crippen molar-refractivity contribution >= 4 is 5.69 Å². The van der Waals surface area contributed by atoms with Crippen LogP contribution in [-0.4, -0.2) is 4.57 Å². The van der Waals surface area contributed by atoms with Gasteiger partial charge in [-0.1, -0.05) is 0 Å². The van der Waals surface area contributed by atoms with Crippen molar-refractivity contribution < 1.29 is 0 Å². The molecule has 1 aromatic heterocycles. The highest BCUT2D eigenvalue weighted by atomic mass is 15.0. The largest absolute Gasteiger partial charge is 0.397 e. The lowest BCUT2D eigenvalue weighted by molar-refractivity contribution is 0.937. The first kappa shape index (κ1) is 7.35. The van der Waals surface area contributed by atoms with E-state index in [1.54, 1.807) is 13.0 Å². The van der Waals surface area contributed by atoms with Crippen LogP contribution in [0.15, 0.2) is 12.3 Å². The molecular formula is C7H8N4. The monoisotopic (exact) mass is 148 g/mol. The second-order valence-electron chi connectivity index (χ2n) is 2.27. The van der Waals surface area contributed by atoms with Crippen molar-refractivity contribution in [3.63, 3.8) is 0 Å². The molecule has 0 radical (unpaired) electrons. The van der Waals surface area contributed by atoms with Crippen molar-refractivity contribution in [1.29, 1.82) is 10.7 Å². The minimum absolute atomic E-state index is 0.152. The fraction of sp³-hybridized carbons (Fsp3) is 0.143. The molecule has 3 N–H and O–H groups in total. The number of pyridine rings is 1. The van der Waals surface area contributed by atoms with E-state index in [1.807, 2.05) is 6.19 Å². The van der Waals surface area contributed by atoms with E-state index in [4.69, 9.17) is 16.4 Å². The number of nitrogens with two attached hydrogens (primary N) is 1. The van der Waals surface area contributed by atoms with Crippen LogP contribution in [0.4, 0.5) is 5.69 Å². The number of aryl methyl sites for hydroxylation is 1. The van der Waals surface area contributed by atoms with Crippen molar-refractivity contribution in [2.24, 2.45) is 0 Å². The van der Waals surface area contributed by atoms with Gasteiger partial charge < -0.3 is 5.73 Å². The summed E-state index contributed by atoms with van der Waals surface area (Å²) in [6, 6.07) is 1.55. The molecule has 0 bridgehead atoms. The molecule has 0 atom stereocenters. The molecule has 0 saturated carbocycles. The number of rotatable bonds is 0. The molecular weight excluding hydrogens is 140 g/mol. The minimum atomic E-state index is 0.152. The van der Waals surface area contributed by atoms with Gasteiger partial charge in [0.1, 0.15) is 5.49 Å². The molecule has 0 saturated heterocycles. The van der Waals surface area contributed by atoms with Crippen molar-refractivity contribution in [2.75, 3.05) is 5.73 Å². The number of hydrogen-bond acceptors (Lipinski definition) is 3. The van der Waals surface area contributed by atoms with Crippen molar-refractivity contribution in [2.45, 2.75) is 6.92 Å². The topological polar surface area (TPSA) is 78.6 Å². The molecule has 11 heavy (non-hydrogen) atoms. The summed E-state index contributed by atoms with van der Waals surface area (Å²) in [4.78, 5) is 0. The maximum absolute atomic E-state index is 8.47. The number of nitrogens with zero attached hydrogens (tertiary/aromatic N) is 2. The van der Waals surface area contributed by atoms with Gasteiger partial charge in [-0.15, -0.1) is 0 Å². The van der Waals surface area contributed by atoms with Crippen LogP contribution in [0.3, 0.4) is 0 Å². The summed E-state index contributed by atoms with van der Waals surface area (Å²) >= 11 is 0. The maximum Gasteiger partial charge on any atom is 0.190 e. The van der Waals surface area contributed by atoms with E-state index in [2.05, 4.69) is 0 Å². The number of anilines is 1. The number of nitrogen functional groups attached to an aromatic ring is 1. The minimum Gasteiger partial charge on any atom is -0.397 e. The smallest absolute Gasteiger partial charge is 0.190 e. The highest BCUT2D eigenvalue weighted by Gasteiger charge is 1.95. The van der Waals surface area contributed by atoms with E-state index in [1.165, 1.54) is 6.20 Å². The maximum atomic E-state index is 8.47. The molecule has 1 heterocycles. The Morgan fingerprint density at radius 3 is 2.91 bits per heavy atom. The van der Waals surface area contributed by atoms with Crippen molar-refractivity contribution in [1.82, 2.24) is 4.57 Å². The molecule has 1 rings (SSSR count). The van der Waals surface area contributed by atoms with Gasteiger partial charge in [0.15, 0.2) is 6.19 Å². The summed E-state index contributed by atoms with van der Waals surface area (Å²) in [5.41, 5.74) is 7.01. The third kappa shape index (κ3) is 1.22. The standard InChI is InChI=1S/C7H8N4/c1-5-2-7(10)11(4-8)3-6(5)9/h2-3,10H,9H2,1H3. The molecule has 56 valence electrons. The zero-order valence-electron chi connectivity index (χ0n) is 6.13. The van der Waals surface area contributed by atoms with Crippen LogP contribution in [0.1, 0.15) is 5.56 Å². The van der Waals surface area contributed by atoms with Gasteiger partial charge in [0.05, 0.1) is 5.69 Å². The molecule has 0 spiro atoms. The first-order valence-corrected chi connectivity index (χ1v) is 3.08. The molecule has 0 amide bonds. The fourth-order valence-electron chi connectivity index (χ4n) is 0.751. The number of nitriles is 1. The quantitative estimate of drug-likeness (QED) is 0.550. The summed E-state index contributed by atoms with van der Waals surface area (Å²) in [7, 11) is 0. The lowest BCUT2D eigenvalue weighted by Crippen LogP contribution is -2.16. The van der Waals surface area contributed by atoms with Gasteiger partial charge in [-0.05, 0) is 18.6 Å². The Balaban J connectivity index is 3.48. The summed E-state index contributed by atoms with van der Waals surface area (Å²) in [6.07, 6.45) is 3.25. The second-order valence-corrected chi connectivity index (χ2v) is 2.27. The van der Waals surface area contributed by atoms with Crippen LogP contribution in [-0.2, 0) is 0 Å². The van der Waals surface area contributed by atoms with Gasteiger partial charge in [-0.3, -0.25) is 5.41 Å². The summed E-state index contributed by atoms with van der Waals surface area (Å²) in [5, 5.41) is 15.8. The molecule has 1 aromatic rings. The summed E-state index contributed by atoms with van der Waals surface area (Å²) < 4.78 is 1.11. The molecule has 4 nitrogen and oxygen atoms in total. The highest BCUT2D eigenvalue weighted by molar-refractivity contribution is 5.43. The molecule has 0 aliphatic heterocycles. The SMILES string of the molecule is Cc1cc(=N)n(C#N)cc1N. The molecule has 0 fully saturated rings. The van der Waals surface area contributed by atoms with Gasteiger partial charge in [0.25, 0.3) is 0 Å². The van der Waals surface area contributed by atoms with E-state index in [9.17, 15) is 0 Å². The predicted molar refractivity (Wildman–Crippen MR) is 40.4 cm³/mol. The lowest BCUT2D eigenvalue weighted by atomic mass is 10.2. The first-order chi connectivity index (χ1) is 5.15. The number of aromatic nitrogens is 1. The average Bonchev–Trinajstić information content (AvgIpc) is 1.97. The van der Waals surface area contributed by atoms with Crippen LogP contribution >= 0.6 is 0 Å². The Hall–Kier alpha value is -1.76. The van der Waals surface area contributed by atoms with Crippen LogP contribution in [0.5, 0.6) is 0 Å². The van der Waals surface area contributed by atoms with E-state index in [0.29, 0.717) is 5.69 Å². The molecule has 0 aliphatic rings. The Morgan fingerprint density at radius 2 is 2.36 bits per heavy atom. The van der Waals surface area contributed by atoms with E-state index in [-0.39, 0.29) is 5.49 Å². The van der Waals surface area contributed by atoms with Gasteiger partial charge in [0.2, 0.25) is 0 Å². The van der Waals surface area contributed by atoms with E-state index < -0.39 is 0 Å². The van der Waals surface area contributed by atoms with Gasteiger partial charge >= 0.3 is 0 Å². The Bertz CT molecular complexity index is 369. The summed E-state index contributed by atoms with van der Waals surface area (Å²) in [5.74, 6) is 0. The van der Waals surface area contributed by atoms with Crippen LogP contribution in [0, 0.1) is 23.8 Å². The lowest BCUT2D eigenvalue weighted by Gasteiger charge is -2.00. The third-order valence-electron chi connectivity index (χ3n) is 1.44. The Morgan fingerprint density at radius 1 is 1.73 bits per heavy atom. The first-order valence-electron chi connectivity index (χ1n) is 3.08. The van der Waals surface area contributed by atoms with E-state index in [0.717, 1.165) is 10.1 Å². The fourth-order valence-corrected chi connectivity index (χ4v) is 0.751. The third-order valence-corrected chi connectivity index (χ3v) is 1.44. The Kier molecular flexibility index (Phi) is 1.65. The van der Waals surface area contributed by atoms with Crippen molar-refractivity contribution in [3.05, 3.63) is 23.3 Å². The zero-order valence-corrected chi connectivity index (χ0v) is 6.13. The van der Waals surface area contributed by atoms with Gasteiger partial charge in [0, 0.05) is 6.20 Å². The molecule has 0 aromatic carbocycles. The van der Waals surface area contributed by atoms with E-state index >= 15 is 0 Å². The van der Waals surface area contributed by atoms with Crippen LogP contribution in [0.25, 0.3) is 0 Å². The van der Waals surface area contributed by atoms with Gasteiger partial charge in [-0.25, -0.2) is 4.57 Å². The molecule has 4 heteroatoms. The number of nitrogens with one attached hydrogen (secondary N) is 1.